The standard InChI is InChI=1S/C15H22N2O2S/c1-12-4-3-8-17(10-12)14(18)5-2-7-16-15(19)13-6-9-20-11-13/h6,9,11-12H,2-5,7-8,10H2,1H3,(H,16,19). The summed E-state index contributed by atoms with van der Waals surface area (Å²) in [4.78, 5) is 25.7. The first-order valence-corrected chi connectivity index (χ1v) is 8.19. The Labute approximate surface area is 124 Å². The maximum absolute atomic E-state index is 12.0. The Balaban J connectivity index is 1.63. The molecule has 1 aromatic rings. The minimum Gasteiger partial charge on any atom is -0.352 e. The Morgan fingerprint density at radius 2 is 2.35 bits per heavy atom. The first kappa shape index (κ1) is 15.0. The number of nitrogens with zero attached hydrogens (tertiary/aromatic N) is 1. The number of hydrogen-bond donors (Lipinski definition) is 1. The van der Waals surface area contributed by atoms with Crippen LogP contribution < -0.4 is 5.32 Å². The number of piperidine rings is 1. The fraction of sp³-hybridized carbons (Fsp3) is 0.600. The quantitative estimate of drug-likeness (QED) is 0.848. The summed E-state index contributed by atoms with van der Waals surface area (Å²) in [6.45, 7) is 4.54. The molecule has 0 radical (unpaired) electrons. The second kappa shape index (κ2) is 7.43. The topological polar surface area (TPSA) is 49.4 Å². The Kier molecular flexibility index (Phi) is 5.59. The highest BCUT2D eigenvalue weighted by molar-refractivity contribution is 7.08. The van der Waals surface area contributed by atoms with E-state index >= 15 is 0 Å². The molecule has 0 saturated carbocycles. The van der Waals surface area contributed by atoms with Gasteiger partial charge in [0.2, 0.25) is 5.91 Å². The molecule has 2 amide bonds. The van der Waals surface area contributed by atoms with Crippen molar-refractivity contribution in [2.45, 2.75) is 32.6 Å². The van der Waals surface area contributed by atoms with Crippen molar-refractivity contribution in [1.29, 1.82) is 0 Å². The van der Waals surface area contributed by atoms with Gasteiger partial charge in [-0.25, -0.2) is 0 Å². The molecule has 1 saturated heterocycles. The van der Waals surface area contributed by atoms with Crippen LogP contribution in [-0.2, 0) is 4.79 Å². The van der Waals surface area contributed by atoms with E-state index in [2.05, 4.69) is 12.2 Å². The van der Waals surface area contributed by atoms with Crippen molar-refractivity contribution in [3.63, 3.8) is 0 Å². The van der Waals surface area contributed by atoms with Crippen LogP contribution in [0.5, 0.6) is 0 Å². The molecule has 2 heterocycles. The van der Waals surface area contributed by atoms with Crippen LogP contribution >= 0.6 is 11.3 Å². The van der Waals surface area contributed by atoms with Gasteiger partial charge >= 0.3 is 0 Å². The molecular formula is C15H22N2O2S. The van der Waals surface area contributed by atoms with Crippen LogP contribution in [0.4, 0.5) is 0 Å². The molecule has 20 heavy (non-hydrogen) atoms. The monoisotopic (exact) mass is 294 g/mol. The third-order valence-electron chi connectivity index (χ3n) is 3.65. The van der Waals surface area contributed by atoms with Crippen molar-refractivity contribution in [2.75, 3.05) is 19.6 Å². The Morgan fingerprint density at radius 1 is 1.50 bits per heavy atom. The zero-order valence-corrected chi connectivity index (χ0v) is 12.7. The molecule has 2 rings (SSSR count). The van der Waals surface area contributed by atoms with Crippen molar-refractivity contribution in [2.24, 2.45) is 5.92 Å². The summed E-state index contributed by atoms with van der Waals surface area (Å²) in [5, 5.41) is 6.56. The van der Waals surface area contributed by atoms with Crippen molar-refractivity contribution < 1.29 is 9.59 Å². The van der Waals surface area contributed by atoms with Gasteiger partial charge in [0.15, 0.2) is 0 Å². The average molecular weight is 294 g/mol. The van der Waals surface area contributed by atoms with Gasteiger partial charge in [0, 0.05) is 37.0 Å². The zero-order chi connectivity index (χ0) is 14.4. The molecule has 1 N–H and O–H groups in total. The number of carbonyl (C=O) groups is 2. The molecule has 4 nitrogen and oxygen atoms in total. The van der Waals surface area contributed by atoms with Crippen LogP contribution in [0.3, 0.4) is 0 Å². The molecule has 0 aliphatic carbocycles. The number of likely N-dealkylation sites (tertiary alicyclic amines) is 1. The summed E-state index contributed by atoms with van der Waals surface area (Å²) < 4.78 is 0. The second-order valence-corrected chi connectivity index (χ2v) is 6.24. The fourth-order valence-corrected chi connectivity index (χ4v) is 3.15. The van der Waals surface area contributed by atoms with Crippen LogP contribution in [0.25, 0.3) is 0 Å². The van der Waals surface area contributed by atoms with Crippen molar-refractivity contribution in [3.8, 4) is 0 Å². The van der Waals surface area contributed by atoms with Gasteiger partial charge in [-0.05, 0) is 36.6 Å². The number of carbonyl (C=O) groups excluding carboxylic acids is 2. The molecule has 0 aromatic carbocycles. The van der Waals surface area contributed by atoms with Gasteiger partial charge < -0.3 is 10.2 Å². The van der Waals surface area contributed by atoms with Crippen LogP contribution in [0.2, 0.25) is 0 Å². The average Bonchev–Trinajstić information content (AvgIpc) is 2.97. The summed E-state index contributed by atoms with van der Waals surface area (Å²) in [6, 6.07) is 1.81. The second-order valence-electron chi connectivity index (χ2n) is 5.46. The van der Waals surface area contributed by atoms with E-state index < -0.39 is 0 Å². The van der Waals surface area contributed by atoms with E-state index in [1.807, 2.05) is 15.7 Å². The SMILES string of the molecule is CC1CCCN(C(=O)CCCNC(=O)c2ccsc2)C1. The van der Waals surface area contributed by atoms with Crippen LogP contribution in [0.1, 0.15) is 43.0 Å². The summed E-state index contributed by atoms with van der Waals surface area (Å²) >= 11 is 1.51. The van der Waals surface area contributed by atoms with E-state index in [4.69, 9.17) is 0 Å². The van der Waals surface area contributed by atoms with Gasteiger partial charge in [0.1, 0.15) is 0 Å². The van der Waals surface area contributed by atoms with Crippen molar-refractivity contribution in [1.82, 2.24) is 10.2 Å². The number of amides is 2. The molecule has 0 spiro atoms. The minimum absolute atomic E-state index is 0.0507. The molecule has 1 unspecified atom stereocenters. The summed E-state index contributed by atoms with van der Waals surface area (Å²) in [7, 11) is 0. The van der Waals surface area contributed by atoms with Crippen LogP contribution in [0, 0.1) is 5.92 Å². The number of thiophene rings is 1. The Hall–Kier alpha value is -1.36. The molecule has 1 aliphatic heterocycles. The van der Waals surface area contributed by atoms with Gasteiger partial charge in [-0.15, -0.1) is 0 Å². The Bertz CT molecular complexity index is 445. The zero-order valence-electron chi connectivity index (χ0n) is 11.9. The molecule has 1 aliphatic rings. The van der Waals surface area contributed by atoms with Crippen molar-refractivity contribution >= 4 is 23.2 Å². The van der Waals surface area contributed by atoms with Crippen LogP contribution in [0.15, 0.2) is 16.8 Å². The lowest BCUT2D eigenvalue weighted by Crippen LogP contribution is -2.39. The van der Waals surface area contributed by atoms with Crippen LogP contribution in [-0.4, -0.2) is 36.3 Å². The minimum atomic E-state index is -0.0507. The lowest BCUT2D eigenvalue weighted by molar-refractivity contribution is -0.132. The van der Waals surface area contributed by atoms with E-state index in [9.17, 15) is 9.59 Å². The third-order valence-corrected chi connectivity index (χ3v) is 4.33. The van der Waals surface area contributed by atoms with Gasteiger partial charge in [-0.3, -0.25) is 9.59 Å². The molecule has 1 aromatic heterocycles. The van der Waals surface area contributed by atoms with Crippen molar-refractivity contribution in [3.05, 3.63) is 22.4 Å². The highest BCUT2D eigenvalue weighted by Crippen LogP contribution is 2.16. The fourth-order valence-electron chi connectivity index (χ4n) is 2.51. The first-order chi connectivity index (χ1) is 9.66. The summed E-state index contributed by atoms with van der Waals surface area (Å²) in [5.41, 5.74) is 0.700. The predicted molar refractivity (Wildman–Crippen MR) is 80.9 cm³/mol. The molecule has 0 bridgehead atoms. The highest BCUT2D eigenvalue weighted by atomic mass is 32.1. The van der Waals surface area contributed by atoms with Gasteiger partial charge in [0.25, 0.3) is 5.91 Å². The largest absolute Gasteiger partial charge is 0.352 e. The van der Waals surface area contributed by atoms with E-state index in [-0.39, 0.29) is 11.8 Å². The number of nitrogens with one attached hydrogen (secondary N) is 1. The molecular weight excluding hydrogens is 272 g/mol. The first-order valence-electron chi connectivity index (χ1n) is 7.25. The maximum atomic E-state index is 12.0. The molecule has 1 fully saturated rings. The number of hydrogen-bond acceptors (Lipinski definition) is 3. The van der Waals surface area contributed by atoms with E-state index in [1.54, 1.807) is 6.07 Å². The lowest BCUT2D eigenvalue weighted by atomic mass is 10.00. The lowest BCUT2D eigenvalue weighted by Gasteiger charge is -2.31. The van der Waals surface area contributed by atoms with E-state index in [0.717, 1.165) is 19.5 Å². The molecule has 1 atom stereocenters. The van der Waals surface area contributed by atoms with Gasteiger partial charge in [0.05, 0.1) is 0 Å². The maximum Gasteiger partial charge on any atom is 0.252 e. The normalized spacial score (nSPS) is 18.9. The third kappa shape index (κ3) is 4.34. The molecule has 5 heteroatoms. The smallest absolute Gasteiger partial charge is 0.252 e. The van der Waals surface area contributed by atoms with E-state index in [1.165, 1.54) is 17.8 Å². The predicted octanol–water partition coefficient (Wildman–Crippen LogP) is 2.52. The van der Waals surface area contributed by atoms with E-state index in [0.29, 0.717) is 30.9 Å². The summed E-state index contributed by atoms with van der Waals surface area (Å²) in [6.07, 6.45) is 3.57. The molecule has 110 valence electrons. The van der Waals surface area contributed by atoms with Gasteiger partial charge in [-0.2, -0.15) is 11.3 Å². The Morgan fingerprint density at radius 3 is 3.05 bits per heavy atom. The highest BCUT2D eigenvalue weighted by Gasteiger charge is 2.20. The van der Waals surface area contributed by atoms with Gasteiger partial charge in [-0.1, -0.05) is 6.92 Å². The number of rotatable bonds is 5. The summed E-state index contributed by atoms with van der Waals surface area (Å²) in [5.74, 6) is 0.789.